The first-order valence-electron chi connectivity index (χ1n) is 9.52. The molecule has 1 spiro atoms. The van der Waals surface area contributed by atoms with Gasteiger partial charge in [-0.1, -0.05) is 23.7 Å². The Labute approximate surface area is 168 Å². The van der Waals surface area contributed by atoms with Crippen LogP contribution in [0.15, 0.2) is 66.9 Å². The van der Waals surface area contributed by atoms with E-state index in [0.717, 1.165) is 24.2 Å². The number of nitrogens with one attached hydrogen (secondary N) is 2. The first kappa shape index (κ1) is 17.2. The lowest BCUT2D eigenvalue weighted by molar-refractivity contribution is 0.174. The number of carbonyl (C=O) groups excluding carboxylic acids is 1. The summed E-state index contributed by atoms with van der Waals surface area (Å²) in [6.45, 7) is 1.39. The lowest BCUT2D eigenvalue weighted by Crippen LogP contribution is -2.51. The molecule has 28 heavy (non-hydrogen) atoms. The van der Waals surface area contributed by atoms with Gasteiger partial charge >= 0.3 is 6.03 Å². The van der Waals surface area contributed by atoms with Crippen LogP contribution in [0, 0.1) is 0 Å². The van der Waals surface area contributed by atoms with Crippen LogP contribution in [-0.4, -0.2) is 28.6 Å². The van der Waals surface area contributed by atoms with Crippen LogP contribution in [0.3, 0.4) is 0 Å². The Hall–Kier alpha value is -2.92. The number of fused-ring (bicyclic) bond motifs is 4. The van der Waals surface area contributed by atoms with Gasteiger partial charge in [-0.15, -0.1) is 0 Å². The van der Waals surface area contributed by atoms with E-state index in [0.29, 0.717) is 18.1 Å². The molecule has 0 saturated carbocycles. The Bertz CT molecular complexity index is 1020. The molecule has 5 rings (SSSR count). The van der Waals surface area contributed by atoms with E-state index >= 15 is 0 Å². The topological polar surface area (TPSA) is 49.3 Å². The van der Waals surface area contributed by atoms with E-state index in [1.54, 1.807) is 12.1 Å². The van der Waals surface area contributed by atoms with Gasteiger partial charge < -0.3 is 20.1 Å². The Kier molecular flexibility index (Phi) is 4.05. The highest BCUT2D eigenvalue weighted by molar-refractivity contribution is 6.30. The van der Waals surface area contributed by atoms with E-state index in [1.165, 1.54) is 11.4 Å². The van der Waals surface area contributed by atoms with Gasteiger partial charge in [0.05, 0.1) is 16.9 Å². The first-order valence-corrected chi connectivity index (χ1v) is 9.89. The summed E-state index contributed by atoms with van der Waals surface area (Å²) in [7, 11) is 0. The molecule has 3 aromatic rings. The summed E-state index contributed by atoms with van der Waals surface area (Å²) < 4.78 is 2.27. The van der Waals surface area contributed by atoms with Crippen LogP contribution >= 0.6 is 11.6 Å². The van der Waals surface area contributed by atoms with Gasteiger partial charge in [-0.3, -0.25) is 0 Å². The molecular formula is C22H21ClN4O. The third kappa shape index (κ3) is 2.83. The molecule has 2 aromatic carbocycles. The molecule has 0 radical (unpaired) electrons. The molecule has 1 saturated heterocycles. The summed E-state index contributed by atoms with van der Waals surface area (Å²) in [5.74, 6) is 0. The Morgan fingerprint density at radius 2 is 1.75 bits per heavy atom. The molecule has 2 amide bonds. The van der Waals surface area contributed by atoms with Crippen molar-refractivity contribution < 1.29 is 4.79 Å². The zero-order valence-electron chi connectivity index (χ0n) is 15.4. The molecule has 0 aliphatic carbocycles. The molecule has 5 nitrogen and oxygen atoms in total. The second kappa shape index (κ2) is 6.60. The van der Waals surface area contributed by atoms with Crippen molar-refractivity contribution in [2.24, 2.45) is 0 Å². The molecule has 1 aromatic heterocycles. The lowest BCUT2D eigenvalue weighted by Gasteiger charge is -2.46. The molecule has 0 atom stereocenters. The summed E-state index contributed by atoms with van der Waals surface area (Å²) in [6, 6.07) is 19.8. The number of nitrogens with zero attached hydrogens (tertiary/aromatic N) is 2. The maximum Gasteiger partial charge on any atom is 0.321 e. The number of hydrogen-bond donors (Lipinski definition) is 2. The number of rotatable bonds is 1. The molecule has 0 bridgehead atoms. The van der Waals surface area contributed by atoms with Crippen LogP contribution in [0.25, 0.3) is 5.69 Å². The van der Waals surface area contributed by atoms with Crippen molar-refractivity contribution in [1.29, 1.82) is 0 Å². The second-order valence-corrected chi connectivity index (χ2v) is 7.85. The standard InChI is InChI=1S/C22H21ClN4O/c23-16-7-9-17(10-8-16)24-21(28)26-14-11-22(12-15-26)20-6-3-13-27(20)19-5-2-1-4-18(19)25-22/h1-10,13,25H,11-12,14-15H2,(H,24,28). The fourth-order valence-electron chi connectivity index (χ4n) is 4.30. The minimum Gasteiger partial charge on any atom is -0.372 e. The molecule has 2 aliphatic rings. The van der Waals surface area contributed by atoms with Crippen LogP contribution < -0.4 is 10.6 Å². The van der Waals surface area contributed by atoms with Gasteiger partial charge in [-0.2, -0.15) is 0 Å². The van der Waals surface area contributed by atoms with Crippen LogP contribution in [0.1, 0.15) is 18.5 Å². The maximum atomic E-state index is 12.7. The Balaban J connectivity index is 1.33. The molecular weight excluding hydrogens is 372 g/mol. The van der Waals surface area contributed by atoms with E-state index in [4.69, 9.17) is 11.6 Å². The molecule has 0 unspecified atom stereocenters. The third-order valence-electron chi connectivity index (χ3n) is 5.78. The first-order chi connectivity index (χ1) is 13.6. The summed E-state index contributed by atoms with van der Waals surface area (Å²) in [6.07, 6.45) is 3.84. The average molecular weight is 393 g/mol. The van der Waals surface area contributed by atoms with Gasteiger partial charge in [0.25, 0.3) is 0 Å². The number of carbonyl (C=O) groups is 1. The Morgan fingerprint density at radius 1 is 1.00 bits per heavy atom. The Morgan fingerprint density at radius 3 is 2.54 bits per heavy atom. The number of aromatic nitrogens is 1. The number of benzene rings is 2. The van der Waals surface area contributed by atoms with Crippen LogP contribution in [0.4, 0.5) is 16.2 Å². The smallest absolute Gasteiger partial charge is 0.321 e. The largest absolute Gasteiger partial charge is 0.372 e. The van der Waals surface area contributed by atoms with E-state index in [-0.39, 0.29) is 11.6 Å². The number of piperidine rings is 1. The van der Waals surface area contributed by atoms with Crippen LogP contribution in [0.5, 0.6) is 0 Å². The maximum absolute atomic E-state index is 12.7. The van der Waals surface area contributed by atoms with Crippen molar-refractivity contribution in [3.05, 3.63) is 77.6 Å². The zero-order valence-corrected chi connectivity index (χ0v) is 16.1. The third-order valence-corrected chi connectivity index (χ3v) is 6.03. The highest BCUT2D eigenvalue weighted by atomic mass is 35.5. The van der Waals surface area contributed by atoms with E-state index in [9.17, 15) is 4.79 Å². The average Bonchev–Trinajstić information content (AvgIpc) is 3.22. The molecule has 142 valence electrons. The predicted molar refractivity (Wildman–Crippen MR) is 112 cm³/mol. The number of anilines is 2. The minimum atomic E-state index is -0.144. The fraction of sp³-hybridized carbons (Fsp3) is 0.227. The number of para-hydroxylation sites is 2. The number of amides is 2. The van der Waals surface area contributed by atoms with Crippen molar-refractivity contribution >= 4 is 29.0 Å². The molecule has 6 heteroatoms. The molecule has 1 fully saturated rings. The fourth-order valence-corrected chi connectivity index (χ4v) is 4.43. The predicted octanol–water partition coefficient (Wildman–Crippen LogP) is 5.08. The summed E-state index contributed by atoms with van der Waals surface area (Å²) >= 11 is 5.92. The van der Waals surface area contributed by atoms with Gasteiger partial charge in [-0.05, 0) is 61.4 Å². The van der Waals surface area contributed by atoms with Crippen LogP contribution in [0.2, 0.25) is 5.02 Å². The van der Waals surface area contributed by atoms with Crippen molar-refractivity contribution in [1.82, 2.24) is 9.47 Å². The number of likely N-dealkylation sites (tertiary alicyclic amines) is 1. The summed E-state index contributed by atoms with van der Waals surface area (Å²) in [5.41, 5.74) is 4.20. The molecule has 2 aliphatic heterocycles. The minimum absolute atomic E-state index is 0.0660. The molecule has 3 heterocycles. The van der Waals surface area contributed by atoms with Crippen LogP contribution in [-0.2, 0) is 5.54 Å². The number of urea groups is 1. The number of halogens is 1. The van der Waals surface area contributed by atoms with Crippen molar-refractivity contribution in [3.8, 4) is 5.69 Å². The van der Waals surface area contributed by atoms with Crippen molar-refractivity contribution in [3.63, 3.8) is 0 Å². The monoisotopic (exact) mass is 392 g/mol. The second-order valence-electron chi connectivity index (χ2n) is 7.41. The van der Waals surface area contributed by atoms with E-state index < -0.39 is 0 Å². The van der Waals surface area contributed by atoms with Gasteiger partial charge in [-0.25, -0.2) is 4.79 Å². The van der Waals surface area contributed by atoms with Gasteiger partial charge in [0, 0.05) is 35.7 Å². The summed E-state index contributed by atoms with van der Waals surface area (Å²) in [5, 5.41) is 7.40. The van der Waals surface area contributed by atoms with Gasteiger partial charge in [0.2, 0.25) is 0 Å². The van der Waals surface area contributed by atoms with Gasteiger partial charge in [0.15, 0.2) is 0 Å². The highest BCUT2D eigenvalue weighted by Gasteiger charge is 2.42. The van der Waals surface area contributed by atoms with Gasteiger partial charge in [0.1, 0.15) is 0 Å². The molecule has 2 N–H and O–H groups in total. The summed E-state index contributed by atoms with van der Waals surface area (Å²) in [4.78, 5) is 14.6. The lowest BCUT2D eigenvalue weighted by atomic mass is 9.82. The normalized spacial score (nSPS) is 16.8. The number of hydrogen-bond acceptors (Lipinski definition) is 2. The van der Waals surface area contributed by atoms with Crippen molar-refractivity contribution in [2.45, 2.75) is 18.4 Å². The van der Waals surface area contributed by atoms with Crippen molar-refractivity contribution in [2.75, 3.05) is 23.7 Å². The van der Waals surface area contributed by atoms with E-state index in [2.05, 4.69) is 57.8 Å². The zero-order chi connectivity index (χ0) is 19.1. The quantitative estimate of drug-likeness (QED) is 0.606. The SMILES string of the molecule is O=C(Nc1ccc(Cl)cc1)N1CCC2(CC1)Nc1ccccc1-n1cccc12. The van der Waals surface area contributed by atoms with E-state index in [1.807, 2.05) is 17.0 Å². The highest BCUT2D eigenvalue weighted by Crippen LogP contribution is 2.43.